The fraction of sp³-hybridized carbons (Fsp3) is 0.357. The maximum Gasteiger partial charge on any atom is 0.337 e. The Morgan fingerprint density at radius 1 is 1.40 bits per heavy atom. The third-order valence-corrected chi connectivity index (χ3v) is 3.69. The van der Waals surface area contributed by atoms with Gasteiger partial charge in [-0.3, -0.25) is 0 Å². The number of nitrogen functional groups attached to an aromatic ring is 1. The van der Waals surface area contributed by atoms with Crippen molar-refractivity contribution in [2.24, 2.45) is 0 Å². The van der Waals surface area contributed by atoms with E-state index < -0.39 is 0 Å². The van der Waals surface area contributed by atoms with Crippen LogP contribution in [0, 0.1) is 0 Å². The molecule has 1 aliphatic heterocycles. The predicted molar refractivity (Wildman–Crippen MR) is 73.3 cm³/mol. The van der Waals surface area contributed by atoms with Crippen LogP contribution in [0.4, 0.5) is 5.95 Å². The quantitative estimate of drug-likeness (QED) is 0.835. The molecule has 0 radical (unpaired) electrons. The second-order valence-corrected chi connectivity index (χ2v) is 4.91. The van der Waals surface area contributed by atoms with E-state index in [1.807, 2.05) is 16.8 Å². The summed E-state index contributed by atoms with van der Waals surface area (Å²) in [4.78, 5) is 15.7. The summed E-state index contributed by atoms with van der Waals surface area (Å²) in [5.41, 5.74) is 7.38. The summed E-state index contributed by atoms with van der Waals surface area (Å²) < 4.78 is 6.57. The number of methoxy groups -OCH3 is 1. The second kappa shape index (κ2) is 4.96. The zero-order chi connectivity index (χ0) is 14.1. The average Bonchev–Trinajstić information content (AvgIpc) is 2.85. The van der Waals surface area contributed by atoms with Gasteiger partial charge in [-0.25, -0.2) is 9.48 Å². The minimum atomic E-state index is -0.312. The van der Waals surface area contributed by atoms with E-state index in [2.05, 4.69) is 10.1 Å². The van der Waals surface area contributed by atoms with Crippen molar-refractivity contribution in [3.63, 3.8) is 0 Å². The summed E-state index contributed by atoms with van der Waals surface area (Å²) in [5.74, 6) is 1.34. The average molecular weight is 272 g/mol. The molecule has 20 heavy (non-hydrogen) atoms. The Morgan fingerprint density at radius 3 is 2.85 bits per heavy atom. The summed E-state index contributed by atoms with van der Waals surface area (Å²) >= 11 is 0. The molecule has 0 amide bonds. The lowest BCUT2D eigenvalue weighted by Crippen LogP contribution is -2.19. The van der Waals surface area contributed by atoms with Gasteiger partial charge in [-0.15, -0.1) is 5.10 Å². The zero-order valence-electron chi connectivity index (χ0n) is 11.2. The smallest absolute Gasteiger partial charge is 0.337 e. The molecule has 1 aromatic carbocycles. The van der Waals surface area contributed by atoms with Crippen molar-refractivity contribution in [3.8, 4) is 0 Å². The van der Waals surface area contributed by atoms with Crippen LogP contribution in [0.5, 0.6) is 0 Å². The number of ether oxygens (including phenoxy) is 1. The first kappa shape index (κ1) is 12.7. The number of hydrogen-bond acceptors (Lipinski definition) is 5. The molecular formula is C14H16N4O2. The fourth-order valence-corrected chi connectivity index (χ4v) is 2.62. The van der Waals surface area contributed by atoms with Crippen molar-refractivity contribution < 1.29 is 9.53 Å². The van der Waals surface area contributed by atoms with Gasteiger partial charge >= 0.3 is 5.97 Å². The largest absolute Gasteiger partial charge is 0.465 e. The summed E-state index contributed by atoms with van der Waals surface area (Å²) in [6.45, 7) is 0.822. The Labute approximate surface area is 116 Å². The molecule has 1 unspecified atom stereocenters. The van der Waals surface area contributed by atoms with Crippen LogP contribution >= 0.6 is 0 Å². The summed E-state index contributed by atoms with van der Waals surface area (Å²) in [6.07, 6.45) is 1.81. The van der Waals surface area contributed by atoms with Crippen LogP contribution in [0.25, 0.3) is 0 Å². The molecule has 0 spiro atoms. The lowest BCUT2D eigenvalue weighted by molar-refractivity contribution is 0.0600. The Kier molecular flexibility index (Phi) is 3.14. The maximum absolute atomic E-state index is 11.4. The second-order valence-electron chi connectivity index (χ2n) is 4.91. The number of benzene rings is 1. The number of rotatable bonds is 2. The predicted octanol–water partition coefficient (Wildman–Crippen LogP) is 1.38. The molecular weight excluding hydrogens is 256 g/mol. The standard InChI is InChI=1S/C14H16N4O2/c1-20-13(19)10-4-2-9(3-5-10)11-6-7-18-12(8-11)16-14(15)17-18/h2-5,11H,6-8H2,1H3,(H2,15,17). The zero-order valence-corrected chi connectivity index (χ0v) is 11.2. The summed E-state index contributed by atoms with van der Waals surface area (Å²) in [6, 6.07) is 7.56. The molecule has 0 saturated carbocycles. The molecule has 0 bridgehead atoms. The van der Waals surface area contributed by atoms with Crippen LogP contribution in [0.1, 0.15) is 34.1 Å². The molecule has 0 fully saturated rings. The molecule has 2 heterocycles. The van der Waals surface area contributed by atoms with E-state index in [1.165, 1.54) is 12.7 Å². The van der Waals surface area contributed by atoms with E-state index in [4.69, 9.17) is 10.5 Å². The Morgan fingerprint density at radius 2 is 2.15 bits per heavy atom. The number of hydrogen-bond donors (Lipinski definition) is 1. The van der Waals surface area contributed by atoms with Gasteiger partial charge in [0.05, 0.1) is 12.7 Å². The highest BCUT2D eigenvalue weighted by Gasteiger charge is 2.22. The molecule has 3 rings (SSSR count). The first-order valence-corrected chi connectivity index (χ1v) is 6.55. The van der Waals surface area contributed by atoms with Crippen LogP contribution < -0.4 is 5.73 Å². The van der Waals surface area contributed by atoms with Gasteiger partial charge in [-0.1, -0.05) is 12.1 Å². The number of aromatic nitrogens is 3. The van der Waals surface area contributed by atoms with Gasteiger partial charge in [-0.2, -0.15) is 4.98 Å². The molecule has 1 atom stereocenters. The van der Waals surface area contributed by atoms with E-state index in [9.17, 15) is 4.79 Å². The molecule has 1 aliphatic rings. The first-order chi connectivity index (χ1) is 9.67. The van der Waals surface area contributed by atoms with Crippen molar-refractivity contribution in [3.05, 3.63) is 41.2 Å². The SMILES string of the molecule is COC(=O)c1ccc(C2CCn3nc(N)nc3C2)cc1. The van der Waals surface area contributed by atoms with Crippen molar-refractivity contribution in [1.82, 2.24) is 14.8 Å². The van der Waals surface area contributed by atoms with Gasteiger partial charge < -0.3 is 10.5 Å². The Balaban J connectivity index is 1.79. The fourth-order valence-electron chi connectivity index (χ4n) is 2.62. The first-order valence-electron chi connectivity index (χ1n) is 6.55. The molecule has 0 saturated heterocycles. The normalized spacial score (nSPS) is 17.6. The highest BCUT2D eigenvalue weighted by molar-refractivity contribution is 5.89. The van der Waals surface area contributed by atoms with E-state index >= 15 is 0 Å². The van der Waals surface area contributed by atoms with Gasteiger partial charge in [0.2, 0.25) is 5.95 Å². The number of nitrogens with zero attached hydrogens (tertiary/aromatic N) is 3. The maximum atomic E-state index is 11.4. The summed E-state index contributed by atoms with van der Waals surface area (Å²) in [7, 11) is 1.38. The van der Waals surface area contributed by atoms with Crippen LogP contribution in [0.15, 0.2) is 24.3 Å². The van der Waals surface area contributed by atoms with Gasteiger partial charge in [0.15, 0.2) is 0 Å². The number of nitrogens with two attached hydrogens (primary N) is 1. The number of aryl methyl sites for hydroxylation is 1. The molecule has 104 valence electrons. The van der Waals surface area contributed by atoms with E-state index in [-0.39, 0.29) is 5.97 Å². The van der Waals surface area contributed by atoms with Crippen LogP contribution in [-0.2, 0) is 17.7 Å². The van der Waals surface area contributed by atoms with Crippen LogP contribution in [0.3, 0.4) is 0 Å². The Bertz CT molecular complexity index is 633. The number of fused-ring (bicyclic) bond motifs is 1. The topological polar surface area (TPSA) is 83.0 Å². The highest BCUT2D eigenvalue weighted by atomic mass is 16.5. The number of carbonyl (C=O) groups excluding carboxylic acids is 1. The minimum absolute atomic E-state index is 0.312. The van der Waals surface area contributed by atoms with Crippen molar-refractivity contribution in [2.45, 2.75) is 25.3 Å². The van der Waals surface area contributed by atoms with Crippen molar-refractivity contribution in [1.29, 1.82) is 0 Å². The number of anilines is 1. The van der Waals surface area contributed by atoms with E-state index in [0.717, 1.165) is 25.2 Å². The lowest BCUT2D eigenvalue weighted by atomic mass is 9.90. The monoisotopic (exact) mass is 272 g/mol. The lowest BCUT2D eigenvalue weighted by Gasteiger charge is -2.22. The third-order valence-electron chi connectivity index (χ3n) is 3.69. The van der Waals surface area contributed by atoms with Crippen LogP contribution in [-0.4, -0.2) is 27.8 Å². The van der Waals surface area contributed by atoms with Gasteiger partial charge in [0.1, 0.15) is 5.82 Å². The molecule has 2 N–H and O–H groups in total. The van der Waals surface area contributed by atoms with Gasteiger partial charge in [-0.05, 0) is 30.0 Å². The van der Waals surface area contributed by atoms with E-state index in [0.29, 0.717) is 17.4 Å². The van der Waals surface area contributed by atoms with Crippen molar-refractivity contribution in [2.75, 3.05) is 12.8 Å². The molecule has 6 nitrogen and oxygen atoms in total. The molecule has 2 aromatic rings. The van der Waals surface area contributed by atoms with Gasteiger partial charge in [0, 0.05) is 13.0 Å². The van der Waals surface area contributed by atoms with Crippen molar-refractivity contribution >= 4 is 11.9 Å². The van der Waals surface area contributed by atoms with E-state index in [1.54, 1.807) is 12.1 Å². The molecule has 0 aliphatic carbocycles. The number of esters is 1. The molecule has 6 heteroatoms. The third kappa shape index (κ3) is 2.24. The molecule has 1 aromatic heterocycles. The summed E-state index contributed by atoms with van der Waals surface area (Å²) in [5, 5.41) is 4.15. The highest BCUT2D eigenvalue weighted by Crippen LogP contribution is 2.28. The number of carbonyl (C=O) groups is 1. The Hall–Kier alpha value is -2.37. The van der Waals surface area contributed by atoms with Gasteiger partial charge in [0.25, 0.3) is 0 Å². The minimum Gasteiger partial charge on any atom is -0.465 e. The van der Waals surface area contributed by atoms with Crippen LogP contribution in [0.2, 0.25) is 0 Å².